The van der Waals surface area contributed by atoms with Gasteiger partial charge in [-0.05, 0) is 28.9 Å². The van der Waals surface area contributed by atoms with Crippen molar-refractivity contribution in [3.05, 3.63) is 49.4 Å². The van der Waals surface area contributed by atoms with Crippen LogP contribution in [0.3, 0.4) is 0 Å². The zero-order valence-electron chi connectivity index (χ0n) is 9.71. The number of halogens is 1. The third-order valence-electron chi connectivity index (χ3n) is 2.44. The summed E-state index contributed by atoms with van der Waals surface area (Å²) < 4.78 is 0.790. The molecule has 0 bridgehead atoms. The highest BCUT2D eigenvalue weighted by Gasteiger charge is 2.18. The minimum Gasteiger partial charge on any atom is -0.298 e. The van der Waals surface area contributed by atoms with Gasteiger partial charge in [0.25, 0.3) is 11.6 Å². The Morgan fingerprint density at radius 3 is 2.84 bits per heavy atom. The zero-order chi connectivity index (χ0) is 14.0. The topological polar surface area (TPSA) is 85.1 Å². The molecular weight excluding hydrogens is 334 g/mol. The first kappa shape index (κ1) is 13.6. The van der Waals surface area contributed by atoms with E-state index in [-0.39, 0.29) is 11.3 Å². The molecule has 6 nitrogen and oxygen atoms in total. The lowest BCUT2D eigenvalue weighted by Gasteiger charge is -2.05. The van der Waals surface area contributed by atoms with Crippen LogP contribution in [0.2, 0.25) is 0 Å². The highest BCUT2D eigenvalue weighted by molar-refractivity contribution is 9.11. The summed E-state index contributed by atoms with van der Waals surface area (Å²) in [6, 6.07) is 4.39. The lowest BCUT2D eigenvalue weighted by Crippen LogP contribution is -2.13. The molecule has 8 heteroatoms. The molecule has 0 aliphatic rings. The van der Waals surface area contributed by atoms with E-state index in [9.17, 15) is 14.9 Å². The summed E-state index contributed by atoms with van der Waals surface area (Å²) in [5.41, 5.74) is 0.522. The Morgan fingerprint density at radius 2 is 2.26 bits per heavy atom. The molecule has 98 valence electrons. The van der Waals surface area contributed by atoms with Crippen LogP contribution in [0.4, 0.5) is 10.8 Å². The van der Waals surface area contributed by atoms with Gasteiger partial charge in [0.15, 0.2) is 5.13 Å². The van der Waals surface area contributed by atoms with Crippen molar-refractivity contribution in [2.24, 2.45) is 0 Å². The van der Waals surface area contributed by atoms with E-state index in [1.165, 1.54) is 23.5 Å². The van der Waals surface area contributed by atoms with Crippen molar-refractivity contribution >= 4 is 44.0 Å². The minimum atomic E-state index is -0.508. The Labute approximate surface area is 120 Å². The van der Waals surface area contributed by atoms with E-state index in [0.717, 1.165) is 3.79 Å². The van der Waals surface area contributed by atoms with E-state index in [4.69, 9.17) is 0 Å². The van der Waals surface area contributed by atoms with Gasteiger partial charge in [-0.25, -0.2) is 4.98 Å². The smallest absolute Gasteiger partial charge is 0.273 e. The number of thiazole rings is 1. The Morgan fingerprint density at radius 1 is 1.53 bits per heavy atom. The summed E-state index contributed by atoms with van der Waals surface area (Å²) in [4.78, 5) is 26.3. The highest BCUT2D eigenvalue weighted by atomic mass is 79.9. The Kier molecular flexibility index (Phi) is 3.91. The van der Waals surface area contributed by atoms with Gasteiger partial charge in [0, 0.05) is 17.2 Å². The second-order valence-electron chi connectivity index (χ2n) is 3.63. The highest BCUT2D eigenvalue weighted by Crippen LogP contribution is 2.25. The molecule has 0 radical (unpaired) electrons. The van der Waals surface area contributed by atoms with Gasteiger partial charge in [-0.2, -0.15) is 0 Å². The number of carbonyl (C=O) groups excluding carboxylic acids is 1. The Bertz CT molecular complexity index is 656. The third-order valence-corrected chi connectivity index (χ3v) is 3.84. The summed E-state index contributed by atoms with van der Waals surface area (Å²) in [6.45, 7) is 1.55. The molecule has 19 heavy (non-hydrogen) atoms. The largest absolute Gasteiger partial charge is 0.298 e. The van der Waals surface area contributed by atoms with Crippen LogP contribution in [0, 0.1) is 17.0 Å². The zero-order valence-corrected chi connectivity index (χ0v) is 12.1. The molecule has 0 saturated heterocycles. The number of nitrogens with one attached hydrogen (secondary N) is 1. The molecule has 1 amide bonds. The van der Waals surface area contributed by atoms with Gasteiger partial charge >= 0.3 is 0 Å². The second kappa shape index (κ2) is 5.45. The van der Waals surface area contributed by atoms with E-state index >= 15 is 0 Å². The molecule has 0 fully saturated rings. The SMILES string of the molecule is Cc1c(C(=O)Nc2ncc(Br)s2)cccc1[N+](=O)[O-]. The van der Waals surface area contributed by atoms with Crippen molar-refractivity contribution in [1.82, 2.24) is 4.98 Å². The van der Waals surface area contributed by atoms with Crippen LogP contribution in [0.5, 0.6) is 0 Å². The number of aromatic nitrogens is 1. The monoisotopic (exact) mass is 341 g/mol. The fraction of sp³-hybridized carbons (Fsp3) is 0.0909. The van der Waals surface area contributed by atoms with Gasteiger partial charge in [-0.3, -0.25) is 20.2 Å². The minimum absolute atomic E-state index is 0.0760. The van der Waals surface area contributed by atoms with Gasteiger partial charge in [-0.1, -0.05) is 17.4 Å². The third kappa shape index (κ3) is 2.96. The molecule has 0 aliphatic heterocycles. The fourth-order valence-electron chi connectivity index (χ4n) is 1.54. The van der Waals surface area contributed by atoms with Crippen molar-refractivity contribution in [2.75, 3.05) is 5.32 Å². The summed E-state index contributed by atoms with van der Waals surface area (Å²) >= 11 is 4.51. The number of amides is 1. The van der Waals surface area contributed by atoms with E-state index in [2.05, 4.69) is 26.2 Å². The normalized spacial score (nSPS) is 10.2. The summed E-state index contributed by atoms with van der Waals surface area (Å²) in [6.07, 6.45) is 1.57. The van der Waals surface area contributed by atoms with E-state index in [0.29, 0.717) is 10.7 Å². The molecular formula is C11H8BrN3O3S. The molecule has 0 aliphatic carbocycles. The van der Waals surface area contributed by atoms with Crippen LogP contribution in [0.25, 0.3) is 0 Å². The average molecular weight is 342 g/mol. The number of rotatable bonds is 3. The molecule has 1 aromatic heterocycles. The number of nitro benzene ring substituents is 1. The van der Waals surface area contributed by atoms with E-state index < -0.39 is 10.8 Å². The molecule has 1 heterocycles. The van der Waals surface area contributed by atoms with Crippen LogP contribution >= 0.6 is 27.3 Å². The van der Waals surface area contributed by atoms with Gasteiger partial charge in [0.2, 0.25) is 0 Å². The first-order valence-electron chi connectivity index (χ1n) is 5.15. The summed E-state index contributed by atoms with van der Waals surface area (Å²) in [7, 11) is 0. The van der Waals surface area contributed by atoms with Crippen LogP contribution in [-0.2, 0) is 0 Å². The molecule has 0 spiro atoms. The molecule has 0 saturated carbocycles. The van der Waals surface area contributed by atoms with Gasteiger partial charge < -0.3 is 0 Å². The molecule has 1 aromatic carbocycles. The Balaban J connectivity index is 2.29. The van der Waals surface area contributed by atoms with Crippen molar-refractivity contribution in [3.63, 3.8) is 0 Å². The lowest BCUT2D eigenvalue weighted by molar-refractivity contribution is -0.385. The number of hydrogen-bond acceptors (Lipinski definition) is 5. The van der Waals surface area contributed by atoms with Crippen LogP contribution < -0.4 is 5.32 Å². The van der Waals surface area contributed by atoms with E-state index in [1.807, 2.05) is 0 Å². The van der Waals surface area contributed by atoms with E-state index in [1.54, 1.807) is 19.2 Å². The van der Waals surface area contributed by atoms with Crippen LogP contribution in [0.1, 0.15) is 15.9 Å². The Hall–Kier alpha value is -1.80. The van der Waals surface area contributed by atoms with Crippen molar-refractivity contribution in [2.45, 2.75) is 6.92 Å². The summed E-state index contributed by atoms with van der Waals surface area (Å²) in [5.74, 6) is -0.414. The molecule has 1 N–H and O–H groups in total. The molecule has 0 atom stereocenters. The number of nitro groups is 1. The lowest BCUT2D eigenvalue weighted by atomic mass is 10.1. The number of carbonyl (C=O) groups is 1. The van der Waals surface area contributed by atoms with Gasteiger partial charge in [-0.15, -0.1) is 0 Å². The summed E-state index contributed by atoms with van der Waals surface area (Å²) in [5, 5.41) is 13.9. The van der Waals surface area contributed by atoms with Gasteiger partial charge in [0.05, 0.1) is 14.9 Å². The predicted octanol–water partition coefficient (Wildman–Crippen LogP) is 3.37. The maximum Gasteiger partial charge on any atom is 0.273 e. The molecule has 0 unspecified atom stereocenters. The number of hydrogen-bond donors (Lipinski definition) is 1. The predicted molar refractivity (Wildman–Crippen MR) is 75.6 cm³/mol. The standard InChI is InChI=1S/C11H8BrN3O3S/c1-6-7(3-2-4-8(6)15(17)18)10(16)14-11-13-5-9(12)19-11/h2-5H,1H3,(H,13,14,16). The van der Waals surface area contributed by atoms with Crippen molar-refractivity contribution in [3.8, 4) is 0 Å². The van der Waals surface area contributed by atoms with Crippen molar-refractivity contribution < 1.29 is 9.72 Å². The van der Waals surface area contributed by atoms with Gasteiger partial charge in [0.1, 0.15) is 0 Å². The maximum absolute atomic E-state index is 12.0. The second-order valence-corrected chi connectivity index (χ2v) is 6.04. The van der Waals surface area contributed by atoms with Crippen LogP contribution in [0.15, 0.2) is 28.2 Å². The van der Waals surface area contributed by atoms with Crippen molar-refractivity contribution in [1.29, 1.82) is 0 Å². The molecule has 2 aromatic rings. The number of benzene rings is 1. The number of anilines is 1. The molecule has 2 rings (SSSR count). The first-order valence-corrected chi connectivity index (χ1v) is 6.76. The first-order chi connectivity index (χ1) is 8.99. The number of nitrogens with zero attached hydrogens (tertiary/aromatic N) is 2. The average Bonchev–Trinajstić information content (AvgIpc) is 2.74. The fourth-order valence-corrected chi connectivity index (χ4v) is 2.65. The quantitative estimate of drug-likeness (QED) is 0.684. The van der Waals surface area contributed by atoms with Crippen LogP contribution in [-0.4, -0.2) is 15.8 Å². The maximum atomic E-state index is 12.0.